The van der Waals surface area contributed by atoms with Gasteiger partial charge >= 0.3 is 0 Å². The summed E-state index contributed by atoms with van der Waals surface area (Å²) < 4.78 is 27.5. The Hall–Kier alpha value is -3.04. The zero-order chi connectivity index (χ0) is 23.6. The van der Waals surface area contributed by atoms with Gasteiger partial charge < -0.3 is 10.2 Å². The normalized spacial score (nSPS) is 16.5. The van der Waals surface area contributed by atoms with Crippen molar-refractivity contribution >= 4 is 38.3 Å². The number of carbonyl (C=O) groups excluding carboxylic acids is 1. The fourth-order valence-corrected chi connectivity index (χ4v) is 6.11. The molecule has 1 aliphatic heterocycles. The molecule has 0 saturated carbocycles. The SMILES string of the molecule is CCN(CC)S(=O)(=O)c1cc(NC(=O)C2CCCN2c2ncnc3ccccc23)ccc1C. The molecule has 1 saturated heterocycles. The van der Waals surface area contributed by atoms with Gasteiger partial charge in [0.15, 0.2) is 0 Å². The zero-order valence-electron chi connectivity index (χ0n) is 19.2. The van der Waals surface area contributed by atoms with Crippen LogP contribution in [0.4, 0.5) is 11.5 Å². The highest BCUT2D eigenvalue weighted by Gasteiger charge is 2.33. The van der Waals surface area contributed by atoms with Crippen LogP contribution in [0, 0.1) is 6.92 Å². The van der Waals surface area contributed by atoms with Crippen LogP contribution >= 0.6 is 0 Å². The summed E-state index contributed by atoms with van der Waals surface area (Å²) in [5.74, 6) is 0.567. The fraction of sp³-hybridized carbons (Fsp3) is 0.375. The van der Waals surface area contributed by atoms with E-state index < -0.39 is 16.1 Å². The van der Waals surface area contributed by atoms with E-state index in [-0.39, 0.29) is 10.8 Å². The number of carbonyl (C=O) groups is 1. The fourth-order valence-electron chi connectivity index (χ4n) is 4.40. The Kier molecular flexibility index (Phi) is 6.62. The largest absolute Gasteiger partial charge is 0.344 e. The number of hydrogen-bond donors (Lipinski definition) is 1. The number of benzene rings is 2. The van der Waals surface area contributed by atoms with Crippen LogP contribution < -0.4 is 10.2 Å². The predicted octanol–water partition coefficient (Wildman–Crippen LogP) is 3.58. The van der Waals surface area contributed by atoms with Crippen LogP contribution in [0.5, 0.6) is 0 Å². The molecule has 1 aromatic heterocycles. The third kappa shape index (κ3) is 4.43. The second kappa shape index (κ2) is 9.44. The van der Waals surface area contributed by atoms with Gasteiger partial charge in [-0.3, -0.25) is 4.79 Å². The van der Waals surface area contributed by atoms with Crippen molar-refractivity contribution in [3.8, 4) is 0 Å². The maximum absolute atomic E-state index is 13.3. The van der Waals surface area contributed by atoms with E-state index in [1.807, 2.05) is 43.0 Å². The molecule has 1 aliphatic rings. The van der Waals surface area contributed by atoms with Gasteiger partial charge in [-0.1, -0.05) is 32.0 Å². The van der Waals surface area contributed by atoms with E-state index in [9.17, 15) is 13.2 Å². The van der Waals surface area contributed by atoms with E-state index in [0.717, 1.165) is 23.1 Å². The highest BCUT2D eigenvalue weighted by atomic mass is 32.2. The minimum Gasteiger partial charge on any atom is -0.344 e. The number of nitrogens with one attached hydrogen (secondary N) is 1. The average molecular weight is 468 g/mol. The molecule has 8 nitrogen and oxygen atoms in total. The maximum Gasteiger partial charge on any atom is 0.247 e. The molecule has 174 valence electrons. The number of aryl methyl sites for hydroxylation is 1. The van der Waals surface area contributed by atoms with Crippen molar-refractivity contribution in [1.82, 2.24) is 14.3 Å². The molecule has 9 heteroatoms. The first kappa shape index (κ1) is 23.1. The van der Waals surface area contributed by atoms with Crippen molar-refractivity contribution in [3.63, 3.8) is 0 Å². The number of rotatable bonds is 7. The molecule has 3 aromatic rings. The summed E-state index contributed by atoms with van der Waals surface area (Å²) in [4.78, 5) is 24.3. The molecule has 0 bridgehead atoms. The van der Waals surface area contributed by atoms with E-state index in [2.05, 4.69) is 15.3 Å². The topological polar surface area (TPSA) is 95.5 Å². The van der Waals surface area contributed by atoms with Crippen LogP contribution in [0.3, 0.4) is 0 Å². The van der Waals surface area contributed by atoms with Gasteiger partial charge in [0.2, 0.25) is 15.9 Å². The van der Waals surface area contributed by atoms with Crippen LogP contribution in [0.25, 0.3) is 10.9 Å². The third-order valence-corrected chi connectivity index (χ3v) is 8.32. The molecule has 1 unspecified atom stereocenters. The van der Waals surface area contributed by atoms with E-state index in [0.29, 0.717) is 37.3 Å². The number of hydrogen-bond acceptors (Lipinski definition) is 6. The van der Waals surface area contributed by atoms with E-state index in [4.69, 9.17) is 0 Å². The van der Waals surface area contributed by atoms with Crippen molar-refractivity contribution in [3.05, 3.63) is 54.4 Å². The lowest BCUT2D eigenvalue weighted by atomic mass is 10.1. The van der Waals surface area contributed by atoms with Gasteiger partial charge in [-0.25, -0.2) is 18.4 Å². The van der Waals surface area contributed by atoms with Gasteiger partial charge in [0.25, 0.3) is 0 Å². The molecule has 0 aliphatic carbocycles. The number of nitrogens with zero attached hydrogens (tertiary/aromatic N) is 4. The zero-order valence-corrected chi connectivity index (χ0v) is 20.0. The van der Waals surface area contributed by atoms with Crippen molar-refractivity contribution < 1.29 is 13.2 Å². The first-order valence-electron chi connectivity index (χ1n) is 11.2. The molecule has 1 N–H and O–H groups in total. The highest BCUT2D eigenvalue weighted by Crippen LogP contribution is 2.30. The number of fused-ring (bicyclic) bond motifs is 1. The summed E-state index contributed by atoms with van der Waals surface area (Å²) in [5, 5.41) is 3.84. The average Bonchev–Trinajstić information content (AvgIpc) is 3.30. The van der Waals surface area contributed by atoms with Crippen molar-refractivity contribution in [1.29, 1.82) is 0 Å². The van der Waals surface area contributed by atoms with Gasteiger partial charge in [-0.05, 0) is 49.6 Å². The van der Waals surface area contributed by atoms with E-state index >= 15 is 0 Å². The van der Waals surface area contributed by atoms with Crippen LogP contribution in [-0.4, -0.2) is 54.3 Å². The van der Waals surface area contributed by atoms with Crippen LogP contribution in [0.15, 0.2) is 53.7 Å². The molecular formula is C24H29N5O3S. The maximum atomic E-state index is 13.3. The summed E-state index contributed by atoms with van der Waals surface area (Å²) in [7, 11) is -3.63. The second-order valence-corrected chi connectivity index (χ2v) is 10.0. The summed E-state index contributed by atoms with van der Waals surface area (Å²) >= 11 is 0. The van der Waals surface area contributed by atoms with Crippen LogP contribution in [-0.2, 0) is 14.8 Å². The second-order valence-electron chi connectivity index (χ2n) is 8.12. The molecule has 33 heavy (non-hydrogen) atoms. The predicted molar refractivity (Wildman–Crippen MR) is 130 cm³/mol. The van der Waals surface area contributed by atoms with Gasteiger partial charge in [0.05, 0.1) is 10.4 Å². The molecular weight excluding hydrogens is 438 g/mol. The Labute approximate surface area is 194 Å². The summed E-state index contributed by atoms with van der Waals surface area (Å²) in [5.41, 5.74) is 1.95. The van der Waals surface area contributed by atoms with Gasteiger partial charge in [-0.15, -0.1) is 0 Å². The monoisotopic (exact) mass is 467 g/mol. The third-order valence-electron chi connectivity index (χ3n) is 6.13. The minimum atomic E-state index is -3.63. The molecule has 0 radical (unpaired) electrons. The number of anilines is 2. The quantitative estimate of drug-likeness (QED) is 0.571. The lowest BCUT2D eigenvalue weighted by Crippen LogP contribution is -2.40. The van der Waals surface area contributed by atoms with Crippen molar-refractivity contribution in [2.45, 2.75) is 44.6 Å². The summed E-state index contributed by atoms with van der Waals surface area (Å²) in [6.45, 7) is 6.88. The van der Waals surface area contributed by atoms with Crippen LogP contribution in [0.2, 0.25) is 0 Å². The van der Waals surface area contributed by atoms with Crippen molar-refractivity contribution in [2.24, 2.45) is 0 Å². The number of sulfonamides is 1. The van der Waals surface area contributed by atoms with E-state index in [1.54, 1.807) is 25.1 Å². The first-order chi connectivity index (χ1) is 15.9. The first-order valence-corrected chi connectivity index (χ1v) is 12.7. The Morgan fingerprint density at radius 3 is 2.67 bits per heavy atom. The summed E-state index contributed by atoms with van der Waals surface area (Å²) in [6.07, 6.45) is 3.09. The lowest BCUT2D eigenvalue weighted by molar-refractivity contribution is -0.117. The molecule has 1 amide bonds. The Balaban J connectivity index is 1.61. The van der Waals surface area contributed by atoms with Crippen molar-refractivity contribution in [2.75, 3.05) is 29.9 Å². The molecule has 1 atom stereocenters. The van der Waals surface area contributed by atoms with Gasteiger partial charge in [-0.2, -0.15) is 4.31 Å². The Morgan fingerprint density at radius 1 is 1.15 bits per heavy atom. The molecule has 0 spiro atoms. The number of amides is 1. The molecule has 1 fully saturated rings. The number of aromatic nitrogens is 2. The Morgan fingerprint density at radius 2 is 1.91 bits per heavy atom. The summed E-state index contributed by atoms with van der Waals surface area (Å²) in [6, 6.07) is 12.4. The Bertz CT molecular complexity index is 1270. The number of para-hydroxylation sites is 1. The van der Waals surface area contributed by atoms with E-state index in [1.165, 1.54) is 10.6 Å². The highest BCUT2D eigenvalue weighted by molar-refractivity contribution is 7.89. The molecule has 2 aromatic carbocycles. The smallest absolute Gasteiger partial charge is 0.247 e. The minimum absolute atomic E-state index is 0.176. The lowest BCUT2D eigenvalue weighted by Gasteiger charge is -2.26. The van der Waals surface area contributed by atoms with Crippen LogP contribution in [0.1, 0.15) is 32.3 Å². The molecule has 2 heterocycles. The van der Waals surface area contributed by atoms with Gasteiger partial charge in [0, 0.05) is 30.7 Å². The standard InChI is InChI=1S/C24H29N5O3S/c1-4-28(5-2)33(31,32)22-15-18(13-12-17(22)3)27-24(30)21-11-8-14-29(21)23-19-9-6-7-10-20(19)25-16-26-23/h6-7,9-10,12-13,15-16,21H,4-5,8,11,14H2,1-3H3,(H,27,30). The van der Waals surface area contributed by atoms with Gasteiger partial charge in [0.1, 0.15) is 18.2 Å². The molecule has 4 rings (SSSR count).